The monoisotopic (exact) mass is 208 g/mol. The number of hydrogen-bond acceptors (Lipinski definition) is 1. The summed E-state index contributed by atoms with van der Waals surface area (Å²) in [7, 11) is 0. The molecule has 1 aromatic rings. The van der Waals surface area contributed by atoms with Crippen molar-refractivity contribution in [1.29, 1.82) is 0 Å². The molecule has 0 N–H and O–H groups in total. The van der Waals surface area contributed by atoms with Gasteiger partial charge < -0.3 is 0 Å². The van der Waals surface area contributed by atoms with Crippen molar-refractivity contribution in [2.24, 2.45) is 0 Å². The first-order valence-electron chi connectivity index (χ1n) is 2.57. The number of carbonyl (C=O) groups excluding carboxylic acids is 1. The van der Waals surface area contributed by atoms with Crippen LogP contribution in [0.4, 0.5) is 0 Å². The van der Waals surface area contributed by atoms with Gasteiger partial charge in [-0.15, -0.1) is 0 Å². The van der Waals surface area contributed by atoms with E-state index >= 15 is 0 Å². The maximum Gasteiger partial charge on any atom is 1.00 e. The van der Waals surface area contributed by atoms with Crippen LogP contribution in [-0.2, 0) is 0 Å². The molecule has 0 spiro atoms. The number of rotatable bonds is 1. The fourth-order valence-electron chi connectivity index (χ4n) is 0.574. The topological polar surface area (TPSA) is 17.1 Å². The van der Waals surface area contributed by atoms with Crippen LogP contribution in [0.15, 0.2) is 30.3 Å². The van der Waals surface area contributed by atoms with Crippen molar-refractivity contribution in [2.45, 2.75) is 0 Å². The van der Waals surface area contributed by atoms with E-state index in [0.29, 0.717) is 0 Å². The van der Waals surface area contributed by atoms with Gasteiger partial charge in [0.25, 0.3) is 0 Å². The normalized spacial score (nSPS) is 8.00. The van der Waals surface area contributed by atoms with E-state index in [1.165, 1.54) is 0 Å². The van der Waals surface area contributed by atoms with Crippen LogP contribution < -0.4 is 29.6 Å². The number of hydrogen-bond donors (Lipinski definition) is 0. The van der Waals surface area contributed by atoms with Crippen LogP contribution in [0.5, 0.6) is 0 Å². The third-order valence-corrected chi connectivity index (χ3v) is 1.50. The van der Waals surface area contributed by atoms with Gasteiger partial charge in [-0.05, 0) is 0 Å². The van der Waals surface area contributed by atoms with Crippen LogP contribution in [-0.4, -0.2) is 20.7 Å². The first-order valence-corrected chi connectivity index (χ1v) is 3.43. The Bertz CT molecular complexity index is 210. The second-order valence-corrected chi connectivity index (χ2v) is 2.43. The molecule has 46 valence electrons. The summed E-state index contributed by atoms with van der Waals surface area (Å²) >= 11 is 2.42. The smallest absolute Gasteiger partial charge is 1.00 e. The summed E-state index contributed by atoms with van der Waals surface area (Å²) in [6.07, 6.45) is 0. The fourth-order valence-corrected chi connectivity index (χ4v) is 0.860. The van der Waals surface area contributed by atoms with Crippen molar-refractivity contribution < 1.29 is 34.4 Å². The molecular weight excluding hydrogens is 202 g/mol. The van der Waals surface area contributed by atoms with E-state index in [2.05, 4.69) is 16.0 Å². The van der Waals surface area contributed by atoms with Gasteiger partial charge in [-0.25, -0.2) is 0 Å². The van der Waals surface area contributed by atoms with Crippen molar-refractivity contribution in [1.82, 2.24) is 0 Å². The molecule has 0 fully saturated rings. The largest absolute Gasteiger partial charge is 1.00 e. The van der Waals surface area contributed by atoms with E-state index in [0.717, 1.165) is 5.56 Å². The molecule has 1 nitrogen and oxygen atoms in total. The number of carbonyl (C=O) groups is 1. The predicted octanol–water partition coefficient (Wildman–Crippen LogP) is -2.00. The predicted molar refractivity (Wildman–Crippen MR) is 36.5 cm³/mol. The van der Waals surface area contributed by atoms with Gasteiger partial charge in [-0.1, -0.05) is 0 Å². The van der Waals surface area contributed by atoms with Crippen LogP contribution in [0.2, 0.25) is 0 Å². The summed E-state index contributed by atoms with van der Waals surface area (Å²) in [4.78, 5) is 10.6. The van der Waals surface area contributed by atoms with Gasteiger partial charge in [-0.2, -0.15) is 0 Å². The second kappa shape index (κ2) is 5.11. The molecule has 0 aliphatic rings. The Morgan fingerprint density at radius 2 is 1.70 bits per heavy atom. The van der Waals surface area contributed by atoms with Crippen LogP contribution in [0, 0.1) is 0 Å². The van der Waals surface area contributed by atoms with Crippen molar-refractivity contribution in [3.05, 3.63) is 35.9 Å². The number of benzene rings is 1. The molecule has 0 atom stereocenters. The molecule has 3 heteroatoms. The van der Waals surface area contributed by atoms with Crippen LogP contribution in [0.1, 0.15) is 10.4 Å². The first-order chi connectivity index (χ1) is 4.30. The van der Waals surface area contributed by atoms with Gasteiger partial charge in [0.2, 0.25) is 0 Å². The van der Waals surface area contributed by atoms with Crippen molar-refractivity contribution in [3.63, 3.8) is 0 Å². The second-order valence-electron chi connectivity index (χ2n) is 1.65. The average molecular weight is 207 g/mol. The minimum atomic E-state index is -0.00407. The molecule has 1 aromatic carbocycles. The molecule has 0 aliphatic carbocycles. The molecule has 0 saturated carbocycles. The van der Waals surface area contributed by atoms with E-state index in [-0.39, 0.29) is 34.2 Å². The molecule has 0 aromatic heterocycles. The third-order valence-electron chi connectivity index (χ3n) is 1.01. The molecule has 0 aliphatic heterocycles. The molecule has 1 rings (SSSR count). The molecule has 0 radical (unpaired) electrons. The molecule has 0 heterocycles. The Kier molecular flexibility index (Phi) is 5.32. The van der Waals surface area contributed by atoms with E-state index in [1.54, 1.807) is 12.1 Å². The molecule has 0 saturated heterocycles. The quantitative estimate of drug-likeness (QED) is 0.487. The van der Waals surface area contributed by atoms with E-state index in [1.807, 2.05) is 18.2 Å². The van der Waals surface area contributed by atoms with Crippen LogP contribution in [0.3, 0.4) is 0 Å². The zero-order valence-corrected chi connectivity index (χ0v) is 9.42. The molecule has 10 heavy (non-hydrogen) atoms. The van der Waals surface area contributed by atoms with E-state index in [4.69, 9.17) is 0 Å². The van der Waals surface area contributed by atoms with E-state index in [9.17, 15) is 4.79 Å². The summed E-state index contributed by atoms with van der Waals surface area (Å²) in [6, 6.07) is 9.11. The van der Waals surface area contributed by atoms with E-state index < -0.39 is 0 Å². The Morgan fingerprint density at radius 3 is 2.00 bits per heavy atom. The SMILES string of the molecule is O=C([Se-])c1ccccc1.[Na+]. The van der Waals surface area contributed by atoms with Crippen molar-refractivity contribution in [2.75, 3.05) is 0 Å². The summed E-state index contributed by atoms with van der Waals surface area (Å²) in [5.74, 6) is 0. The summed E-state index contributed by atoms with van der Waals surface area (Å²) in [5, 5.41) is 0. The zero-order valence-electron chi connectivity index (χ0n) is 5.70. The van der Waals surface area contributed by atoms with Gasteiger partial charge >= 0.3 is 90.9 Å². The van der Waals surface area contributed by atoms with Gasteiger partial charge in [-0.3, -0.25) is 0 Å². The molecule has 0 bridgehead atoms. The fraction of sp³-hybridized carbons (Fsp3) is 0. The summed E-state index contributed by atoms with van der Waals surface area (Å²) < 4.78 is -0.00407. The minimum absolute atomic E-state index is 0. The van der Waals surface area contributed by atoms with Gasteiger partial charge in [0.1, 0.15) is 0 Å². The minimum Gasteiger partial charge on any atom is 1.00 e. The first kappa shape index (κ1) is 10.4. The van der Waals surface area contributed by atoms with Gasteiger partial charge in [0.05, 0.1) is 0 Å². The average Bonchev–Trinajstić information content (AvgIpc) is 1.90. The maximum atomic E-state index is 10.6. The maximum absolute atomic E-state index is 10.6. The molecule has 0 amide bonds. The van der Waals surface area contributed by atoms with Crippen LogP contribution in [0.25, 0.3) is 0 Å². The van der Waals surface area contributed by atoms with Gasteiger partial charge in [0, 0.05) is 0 Å². The van der Waals surface area contributed by atoms with Crippen molar-refractivity contribution in [3.8, 4) is 0 Å². The third kappa shape index (κ3) is 3.00. The Morgan fingerprint density at radius 1 is 1.20 bits per heavy atom. The summed E-state index contributed by atoms with van der Waals surface area (Å²) in [5.41, 5.74) is 0.720. The molecule has 0 unspecified atom stereocenters. The zero-order chi connectivity index (χ0) is 6.69. The Labute approximate surface area is 90.3 Å². The summed E-state index contributed by atoms with van der Waals surface area (Å²) in [6.45, 7) is 0. The Balaban J connectivity index is 0.000000810. The Hall–Kier alpha value is 0.409. The standard InChI is InChI=1S/C7H6OSe.Na/c8-7(9)6-4-2-1-3-5-6;/h1-5H,(H,8,9);/q;+1/p-1. The van der Waals surface area contributed by atoms with Gasteiger partial charge in [0.15, 0.2) is 0 Å². The molecular formula is C7H5NaOSe. The van der Waals surface area contributed by atoms with Crippen LogP contribution >= 0.6 is 0 Å². The van der Waals surface area contributed by atoms with Crippen molar-refractivity contribution >= 4 is 20.7 Å².